The highest BCUT2D eigenvalue weighted by Crippen LogP contribution is 2.52. The molecule has 2 aromatic carbocycles. The molecule has 140 valence electrons. The van der Waals surface area contributed by atoms with Crippen molar-refractivity contribution in [3.63, 3.8) is 0 Å². The molecule has 0 amide bonds. The fourth-order valence-electron chi connectivity index (χ4n) is 4.20. The Morgan fingerprint density at radius 2 is 1.81 bits per heavy atom. The van der Waals surface area contributed by atoms with Crippen molar-refractivity contribution in [2.24, 2.45) is 0 Å². The number of anilines is 1. The van der Waals surface area contributed by atoms with Gasteiger partial charge in [-0.1, -0.05) is 35.4 Å². The number of halogens is 1. The van der Waals surface area contributed by atoms with Gasteiger partial charge in [0.25, 0.3) is 10.0 Å². The van der Waals surface area contributed by atoms with Crippen LogP contribution >= 0.6 is 11.6 Å². The van der Waals surface area contributed by atoms with Gasteiger partial charge in [-0.15, -0.1) is 5.10 Å². The Labute approximate surface area is 163 Å². The van der Waals surface area contributed by atoms with Gasteiger partial charge in [-0.05, 0) is 56.9 Å². The standard InChI is InChI=1S/C20H20ClN3O2S/c1-14-6-8-15(9-7-14)27(25,26)24-17-5-2-4-16(21)18(17)19(22-24)23-13-3-10-20(23)11-12-20/h2,4-9H,3,10-13H2,1H3. The number of aromatic nitrogens is 2. The van der Waals surface area contributed by atoms with E-state index in [-0.39, 0.29) is 10.4 Å². The largest absolute Gasteiger partial charge is 0.349 e. The fraction of sp³-hybridized carbons (Fsp3) is 0.350. The lowest BCUT2D eigenvalue weighted by Crippen LogP contribution is -2.31. The smallest absolute Gasteiger partial charge is 0.283 e. The van der Waals surface area contributed by atoms with E-state index in [0.717, 1.165) is 47.3 Å². The highest BCUT2D eigenvalue weighted by atomic mass is 35.5. The topological polar surface area (TPSA) is 55.2 Å². The lowest BCUT2D eigenvalue weighted by atomic mass is 10.2. The van der Waals surface area contributed by atoms with E-state index in [9.17, 15) is 8.42 Å². The molecule has 1 spiro atoms. The first-order valence-electron chi connectivity index (χ1n) is 9.20. The molecule has 3 aromatic rings. The maximum absolute atomic E-state index is 13.3. The van der Waals surface area contributed by atoms with Crippen LogP contribution in [-0.2, 0) is 10.0 Å². The Balaban J connectivity index is 1.74. The molecule has 2 heterocycles. The molecule has 2 fully saturated rings. The average Bonchev–Trinajstić information content (AvgIpc) is 3.12. The van der Waals surface area contributed by atoms with E-state index in [1.54, 1.807) is 42.5 Å². The van der Waals surface area contributed by atoms with Crippen LogP contribution in [0.4, 0.5) is 5.82 Å². The molecule has 1 aromatic heterocycles. The number of hydrogen-bond acceptors (Lipinski definition) is 4. The molecule has 27 heavy (non-hydrogen) atoms. The van der Waals surface area contributed by atoms with Gasteiger partial charge in [0.15, 0.2) is 5.82 Å². The van der Waals surface area contributed by atoms with Gasteiger partial charge in [-0.2, -0.15) is 12.5 Å². The Morgan fingerprint density at radius 3 is 2.52 bits per heavy atom. The van der Waals surface area contributed by atoms with Crippen LogP contribution in [0.2, 0.25) is 5.02 Å². The monoisotopic (exact) mass is 401 g/mol. The molecule has 0 unspecified atom stereocenters. The number of nitrogens with zero attached hydrogens (tertiary/aromatic N) is 3. The van der Waals surface area contributed by atoms with Gasteiger partial charge in [0, 0.05) is 12.1 Å². The van der Waals surface area contributed by atoms with Crippen LogP contribution < -0.4 is 4.90 Å². The zero-order chi connectivity index (χ0) is 18.8. The summed E-state index contributed by atoms with van der Waals surface area (Å²) in [7, 11) is -3.80. The van der Waals surface area contributed by atoms with Crippen LogP contribution in [0, 0.1) is 6.92 Å². The Bertz CT molecular complexity index is 1150. The van der Waals surface area contributed by atoms with Crippen molar-refractivity contribution in [2.45, 2.75) is 43.0 Å². The van der Waals surface area contributed by atoms with E-state index < -0.39 is 10.0 Å². The minimum atomic E-state index is -3.80. The van der Waals surface area contributed by atoms with Crippen LogP contribution in [0.5, 0.6) is 0 Å². The molecular formula is C20H20ClN3O2S. The van der Waals surface area contributed by atoms with Crippen LogP contribution in [0.3, 0.4) is 0 Å². The molecule has 5 rings (SSSR count). The third-order valence-corrected chi connectivity index (χ3v) is 7.75. The second-order valence-corrected chi connectivity index (χ2v) is 9.77. The molecule has 1 saturated heterocycles. The van der Waals surface area contributed by atoms with Crippen LogP contribution in [0.25, 0.3) is 10.9 Å². The van der Waals surface area contributed by atoms with E-state index in [0.29, 0.717) is 16.4 Å². The van der Waals surface area contributed by atoms with E-state index >= 15 is 0 Å². The van der Waals surface area contributed by atoms with Gasteiger partial charge in [0.05, 0.1) is 20.8 Å². The molecule has 1 aliphatic carbocycles. The quantitative estimate of drug-likeness (QED) is 0.654. The molecule has 0 radical (unpaired) electrons. The molecule has 1 saturated carbocycles. The molecule has 1 aliphatic heterocycles. The summed E-state index contributed by atoms with van der Waals surface area (Å²) < 4.78 is 27.8. The maximum atomic E-state index is 13.3. The van der Waals surface area contributed by atoms with Crippen molar-refractivity contribution in [2.75, 3.05) is 11.4 Å². The zero-order valence-corrected chi connectivity index (χ0v) is 16.6. The number of rotatable bonds is 3. The average molecular weight is 402 g/mol. The number of aryl methyl sites for hydroxylation is 1. The second-order valence-electron chi connectivity index (χ2n) is 7.60. The summed E-state index contributed by atoms with van der Waals surface area (Å²) in [5, 5.41) is 5.87. The first kappa shape index (κ1) is 17.1. The molecule has 0 atom stereocenters. The summed E-state index contributed by atoms with van der Waals surface area (Å²) in [6, 6.07) is 12.2. The zero-order valence-electron chi connectivity index (χ0n) is 15.0. The van der Waals surface area contributed by atoms with Crippen molar-refractivity contribution in [3.8, 4) is 0 Å². The SMILES string of the molecule is Cc1ccc(S(=O)(=O)n2nc(N3CCCC34CC4)c3c(Cl)cccc32)cc1. The number of fused-ring (bicyclic) bond motifs is 1. The molecule has 0 bridgehead atoms. The first-order chi connectivity index (χ1) is 12.9. The summed E-state index contributed by atoms with van der Waals surface area (Å²) in [4.78, 5) is 2.51. The van der Waals surface area contributed by atoms with Crippen molar-refractivity contribution >= 4 is 38.3 Å². The van der Waals surface area contributed by atoms with Crippen molar-refractivity contribution in [3.05, 3.63) is 53.1 Å². The molecule has 5 nitrogen and oxygen atoms in total. The van der Waals surface area contributed by atoms with Crippen molar-refractivity contribution in [1.82, 2.24) is 9.19 Å². The van der Waals surface area contributed by atoms with Gasteiger partial charge in [-0.3, -0.25) is 0 Å². The van der Waals surface area contributed by atoms with Crippen LogP contribution in [0.15, 0.2) is 47.4 Å². The Hall–Kier alpha value is -2.05. The van der Waals surface area contributed by atoms with E-state index in [2.05, 4.69) is 10.00 Å². The lowest BCUT2D eigenvalue weighted by molar-refractivity contribution is 0.581. The summed E-state index contributed by atoms with van der Waals surface area (Å²) in [6.07, 6.45) is 4.51. The van der Waals surface area contributed by atoms with Gasteiger partial charge in [-0.25, -0.2) is 0 Å². The Kier molecular flexibility index (Phi) is 3.62. The summed E-state index contributed by atoms with van der Waals surface area (Å²) in [6.45, 7) is 2.82. The molecular weight excluding hydrogens is 382 g/mol. The van der Waals surface area contributed by atoms with E-state index in [1.807, 2.05) is 6.92 Å². The summed E-state index contributed by atoms with van der Waals surface area (Å²) in [5.74, 6) is 0.696. The number of benzene rings is 2. The lowest BCUT2D eigenvalue weighted by Gasteiger charge is -2.24. The van der Waals surface area contributed by atoms with Gasteiger partial charge < -0.3 is 4.90 Å². The summed E-state index contributed by atoms with van der Waals surface area (Å²) in [5.41, 5.74) is 1.69. The van der Waals surface area contributed by atoms with Crippen molar-refractivity contribution < 1.29 is 8.42 Å². The molecule has 7 heteroatoms. The second kappa shape index (κ2) is 5.72. The predicted octanol–water partition coefficient (Wildman–Crippen LogP) is 4.37. The minimum Gasteiger partial charge on any atom is -0.349 e. The fourth-order valence-corrected chi connectivity index (χ4v) is 5.73. The van der Waals surface area contributed by atoms with Crippen LogP contribution in [-0.4, -0.2) is 29.7 Å². The third-order valence-electron chi connectivity index (χ3n) is 5.83. The summed E-state index contributed by atoms with van der Waals surface area (Å²) >= 11 is 6.51. The minimum absolute atomic E-state index is 0.152. The maximum Gasteiger partial charge on any atom is 0.283 e. The van der Waals surface area contributed by atoms with Crippen LogP contribution in [0.1, 0.15) is 31.2 Å². The van der Waals surface area contributed by atoms with E-state index in [4.69, 9.17) is 11.6 Å². The highest BCUT2D eigenvalue weighted by Gasteiger charge is 2.52. The number of hydrogen-bond donors (Lipinski definition) is 0. The highest BCUT2D eigenvalue weighted by molar-refractivity contribution is 7.90. The molecule has 0 N–H and O–H groups in total. The van der Waals surface area contributed by atoms with Crippen molar-refractivity contribution in [1.29, 1.82) is 0 Å². The normalized spacial score (nSPS) is 18.5. The predicted molar refractivity (Wildman–Crippen MR) is 107 cm³/mol. The molecule has 2 aliphatic rings. The first-order valence-corrected chi connectivity index (χ1v) is 11.0. The van der Waals surface area contributed by atoms with E-state index in [1.165, 1.54) is 0 Å². The van der Waals surface area contributed by atoms with Gasteiger partial charge in [0.2, 0.25) is 0 Å². The third kappa shape index (κ3) is 2.50. The Morgan fingerprint density at radius 1 is 1.07 bits per heavy atom. The van der Waals surface area contributed by atoms with Gasteiger partial charge in [0.1, 0.15) is 0 Å². The van der Waals surface area contributed by atoms with Gasteiger partial charge >= 0.3 is 0 Å².